The van der Waals surface area contributed by atoms with E-state index in [-0.39, 0.29) is 30.5 Å². The van der Waals surface area contributed by atoms with Gasteiger partial charge in [0.15, 0.2) is 0 Å². The molecule has 0 saturated carbocycles. The first-order valence-electron chi connectivity index (χ1n) is 12.7. The molecule has 0 aliphatic carbocycles. The van der Waals surface area contributed by atoms with E-state index >= 15 is 0 Å². The van der Waals surface area contributed by atoms with E-state index in [0.29, 0.717) is 16.5 Å². The lowest BCUT2D eigenvalue weighted by molar-refractivity contribution is -0.136. The van der Waals surface area contributed by atoms with Gasteiger partial charge in [-0.15, -0.1) is 11.3 Å². The highest BCUT2D eigenvalue weighted by atomic mass is 32.1. The molecular formula is C30H35F2NO4S. The molecule has 5 nitrogen and oxygen atoms in total. The highest BCUT2D eigenvalue weighted by Gasteiger charge is 2.24. The topological polar surface area (TPSA) is 75.6 Å². The molecule has 8 heteroatoms. The van der Waals surface area contributed by atoms with Crippen LogP contribution in [0.1, 0.15) is 77.4 Å². The number of benzene rings is 2. The summed E-state index contributed by atoms with van der Waals surface area (Å²) in [5.74, 6) is -2.96. The van der Waals surface area contributed by atoms with Crippen LogP contribution >= 0.6 is 11.3 Å². The lowest BCUT2D eigenvalue weighted by atomic mass is 9.94. The molecule has 0 aliphatic heterocycles. The van der Waals surface area contributed by atoms with Gasteiger partial charge in [0, 0.05) is 23.9 Å². The molecule has 0 saturated heterocycles. The molecular weight excluding hydrogens is 508 g/mol. The van der Waals surface area contributed by atoms with Crippen LogP contribution in [0.25, 0.3) is 11.1 Å². The number of hydrogen-bond acceptors (Lipinski definition) is 4. The second kappa shape index (κ2) is 12.5. The molecule has 0 fully saturated rings. The van der Waals surface area contributed by atoms with Crippen LogP contribution in [0.5, 0.6) is 5.75 Å². The summed E-state index contributed by atoms with van der Waals surface area (Å²) in [4.78, 5) is 24.6. The third-order valence-corrected chi connectivity index (χ3v) is 7.44. The van der Waals surface area contributed by atoms with Crippen LogP contribution in [0.2, 0.25) is 0 Å². The van der Waals surface area contributed by atoms with E-state index < -0.39 is 11.9 Å². The van der Waals surface area contributed by atoms with E-state index in [1.165, 1.54) is 23.5 Å². The molecule has 1 aromatic heterocycles. The van der Waals surface area contributed by atoms with E-state index in [1.807, 2.05) is 32.0 Å². The Balaban J connectivity index is 1.82. The molecule has 1 atom stereocenters. The Bertz CT molecular complexity index is 1240. The summed E-state index contributed by atoms with van der Waals surface area (Å²) < 4.78 is 33.8. The Labute approximate surface area is 226 Å². The van der Waals surface area contributed by atoms with E-state index in [9.17, 15) is 18.4 Å². The van der Waals surface area contributed by atoms with Crippen LogP contribution in [-0.4, -0.2) is 23.5 Å². The second-order valence-corrected chi connectivity index (χ2v) is 11.2. The summed E-state index contributed by atoms with van der Waals surface area (Å²) in [5, 5.41) is 11.4. The fourth-order valence-electron chi connectivity index (χ4n) is 4.30. The van der Waals surface area contributed by atoms with Crippen LogP contribution in [0.3, 0.4) is 0 Å². The Kier molecular flexibility index (Phi) is 9.66. The number of ether oxygens (including phenoxy) is 1. The van der Waals surface area contributed by atoms with Gasteiger partial charge in [-0.2, -0.15) is 0 Å². The average molecular weight is 544 g/mol. The number of rotatable bonds is 12. The fraction of sp³-hybridized carbons (Fsp3) is 0.400. The zero-order valence-corrected chi connectivity index (χ0v) is 23.3. The number of carbonyl (C=O) groups excluding carboxylic acids is 1. The zero-order valence-electron chi connectivity index (χ0n) is 22.4. The third kappa shape index (κ3) is 7.87. The number of hydrogen-bond donors (Lipinski definition) is 2. The monoisotopic (exact) mass is 543 g/mol. The summed E-state index contributed by atoms with van der Waals surface area (Å²) in [6, 6.07) is 13.9. The maximum atomic E-state index is 13.6. The van der Waals surface area contributed by atoms with E-state index in [1.54, 1.807) is 18.2 Å². The lowest BCUT2D eigenvalue weighted by Crippen LogP contribution is -2.25. The quantitative estimate of drug-likeness (QED) is 0.243. The number of nitrogens with one attached hydrogen (secondary N) is 1. The summed E-state index contributed by atoms with van der Waals surface area (Å²) in [5.41, 5.74) is 3.79. The highest BCUT2D eigenvalue weighted by molar-refractivity contribution is 7.14. The number of halogens is 2. The van der Waals surface area contributed by atoms with Gasteiger partial charge in [0.2, 0.25) is 0 Å². The van der Waals surface area contributed by atoms with Gasteiger partial charge < -0.3 is 15.2 Å². The summed E-state index contributed by atoms with van der Waals surface area (Å²) in [7, 11) is 0. The molecule has 0 spiro atoms. The van der Waals surface area contributed by atoms with Gasteiger partial charge >= 0.3 is 5.97 Å². The standard InChI is InChI=1S/C30H35F2NO4S/c1-18(2)6-11-24(25-12-13-26(38-25)29(36)33-15-14-27(34)35)37-23-16-19(3)28(20(4)17-23)21-7-9-22(10-8-21)30(5,31)32/h7-10,12-13,16-18,24H,6,11,14-15H2,1-5H3,(H,33,36)(H,34,35). The Morgan fingerprint density at radius 1 is 1.03 bits per heavy atom. The van der Waals surface area contributed by atoms with E-state index in [2.05, 4.69) is 19.2 Å². The van der Waals surface area contributed by atoms with Gasteiger partial charge in [0.25, 0.3) is 11.8 Å². The molecule has 2 N–H and O–H groups in total. The Morgan fingerprint density at radius 3 is 2.21 bits per heavy atom. The van der Waals surface area contributed by atoms with Crippen molar-refractivity contribution < 1.29 is 28.2 Å². The summed E-state index contributed by atoms with van der Waals surface area (Å²) in [6.07, 6.45) is 1.32. The van der Waals surface area contributed by atoms with E-state index in [4.69, 9.17) is 9.84 Å². The smallest absolute Gasteiger partial charge is 0.305 e. The van der Waals surface area contributed by atoms with Crippen LogP contribution in [-0.2, 0) is 10.7 Å². The minimum Gasteiger partial charge on any atom is -0.485 e. The van der Waals surface area contributed by atoms with Crippen molar-refractivity contribution in [3.8, 4) is 16.9 Å². The predicted octanol–water partition coefficient (Wildman–Crippen LogP) is 7.90. The maximum Gasteiger partial charge on any atom is 0.305 e. The Hall–Kier alpha value is -3.26. The number of aryl methyl sites for hydroxylation is 2. The molecule has 1 unspecified atom stereocenters. The lowest BCUT2D eigenvalue weighted by Gasteiger charge is -2.21. The molecule has 2 aromatic carbocycles. The molecule has 3 rings (SSSR count). The molecule has 0 aliphatic rings. The largest absolute Gasteiger partial charge is 0.485 e. The van der Waals surface area contributed by atoms with Crippen molar-refractivity contribution in [2.45, 2.75) is 65.9 Å². The van der Waals surface area contributed by atoms with Crippen molar-refractivity contribution in [3.05, 3.63) is 75.0 Å². The van der Waals surface area contributed by atoms with Crippen LogP contribution in [0.15, 0.2) is 48.5 Å². The number of amides is 1. The first kappa shape index (κ1) is 29.3. The summed E-state index contributed by atoms with van der Waals surface area (Å²) in [6.45, 7) is 9.22. The molecule has 1 amide bonds. The third-order valence-electron chi connectivity index (χ3n) is 6.26. The molecule has 3 aromatic rings. The van der Waals surface area contributed by atoms with E-state index in [0.717, 1.165) is 46.9 Å². The maximum absolute atomic E-state index is 13.6. The minimum atomic E-state index is -2.88. The minimum absolute atomic E-state index is 0.0182. The summed E-state index contributed by atoms with van der Waals surface area (Å²) >= 11 is 1.34. The zero-order chi connectivity index (χ0) is 28.0. The van der Waals surface area contributed by atoms with Crippen LogP contribution in [0.4, 0.5) is 8.78 Å². The van der Waals surface area contributed by atoms with Crippen molar-refractivity contribution in [3.63, 3.8) is 0 Å². The fourth-order valence-corrected chi connectivity index (χ4v) is 5.29. The number of carboxylic acid groups (broad SMARTS) is 1. The normalized spacial score (nSPS) is 12.4. The Morgan fingerprint density at radius 2 is 1.66 bits per heavy atom. The van der Waals surface area contributed by atoms with Gasteiger partial charge in [0.1, 0.15) is 11.9 Å². The molecule has 0 radical (unpaired) electrons. The molecule has 1 heterocycles. The van der Waals surface area contributed by atoms with Gasteiger partial charge in [-0.3, -0.25) is 9.59 Å². The van der Waals surface area contributed by atoms with Gasteiger partial charge in [-0.25, -0.2) is 8.78 Å². The number of aliphatic carboxylic acids is 1. The van der Waals surface area contributed by atoms with Gasteiger partial charge in [-0.1, -0.05) is 38.1 Å². The van der Waals surface area contributed by atoms with Gasteiger partial charge in [0.05, 0.1) is 11.3 Å². The molecule has 0 bridgehead atoms. The SMILES string of the molecule is Cc1cc(OC(CCC(C)C)c2ccc(C(=O)NCCC(=O)O)s2)cc(C)c1-c1ccc(C(C)(F)F)cc1. The number of thiophene rings is 1. The van der Waals surface area contributed by atoms with Crippen LogP contribution in [0, 0.1) is 19.8 Å². The van der Waals surface area contributed by atoms with Crippen LogP contribution < -0.4 is 10.1 Å². The van der Waals surface area contributed by atoms with Crippen molar-refractivity contribution in [2.24, 2.45) is 5.92 Å². The van der Waals surface area contributed by atoms with Crippen molar-refractivity contribution in [2.75, 3.05) is 6.54 Å². The van der Waals surface area contributed by atoms with Gasteiger partial charge in [-0.05, 0) is 79.1 Å². The van der Waals surface area contributed by atoms with Crippen molar-refractivity contribution in [1.82, 2.24) is 5.32 Å². The molecule has 204 valence electrons. The van der Waals surface area contributed by atoms with Crippen molar-refractivity contribution in [1.29, 1.82) is 0 Å². The second-order valence-electron chi connectivity index (χ2n) is 10.1. The predicted molar refractivity (Wildman–Crippen MR) is 147 cm³/mol. The average Bonchev–Trinajstić information content (AvgIpc) is 3.31. The van der Waals surface area contributed by atoms with Crippen molar-refractivity contribution >= 4 is 23.2 Å². The molecule has 38 heavy (non-hydrogen) atoms. The highest BCUT2D eigenvalue weighted by Crippen LogP contribution is 2.37. The number of alkyl halides is 2. The first-order valence-corrected chi connectivity index (χ1v) is 13.5. The first-order chi connectivity index (χ1) is 17.8. The number of carbonyl (C=O) groups is 2. The number of carboxylic acids is 1.